The number of benzene rings is 2. The second-order valence-electron chi connectivity index (χ2n) is 9.28. The highest BCUT2D eigenvalue weighted by Gasteiger charge is 2.86. The average molecular weight is 470 g/mol. The fourth-order valence-electron chi connectivity index (χ4n) is 5.93. The largest absolute Gasteiger partial charge is 0.463 e. The van der Waals surface area contributed by atoms with Gasteiger partial charge in [-0.3, -0.25) is 4.79 Å². The lowest BCUT2D eigenvalue weighted by Gasteiger charge is -2.46. The summed E-state index contributed by atoms with van der Waals surface area (Å²) in [6.07, 6.45) is 1.38. The minimum absolute atomic E-state index is 0.0488. The van der Waals surface area contributed by atoms with Crippen LogP contribution in [0.3, 0.4) is 0 Å². The van der Waals surface area contributed by atoms with Crippen LogP contribution in [0, 0.1) is 12.3 Å². The van der Waals surface area contributed by atoms with E-state index in [4.69, 9.17) is 9.47 Å². The number of carbonyl (C=O) groups is 2. The molecule has 2 aromatic rings. The molecule has 1 spiro atoms. The molecule has 3 aliphatic rings. The van der Waals surface area contributed by atoms with Gasteiger partial charge in [0.25, 0.3) is 0 Å². The summed E-state index contributed by atoms with van der Waals surface area (Å²) < 4.78 is 41.5. The molecular weight excluding hydrogens is 442 g/mol. The zero-order valence-electron chi connectivity index (χ0n) is 18.9. The molecule has 174 valence electrons. The van der Waals surface area contributed by atoms with Crippen molar-refractivity contribution in [3.63, 3.8) is 0 Å². The van der Waals surface area contributed by atoms with Crippen molar-refractivity contribution in [3.8, 4) is 0 Å². The summed E-state index contributed by atoms with van der Waals surface area (Å²) >= 11 is 0. The maximum atomic E-state index is 14.2. The van der Waals surface area contributed by atoms with E-state index < -0.39 is 44.6 Å². The van der Waals surface area contributed by atoms with E-state index in [1.807, 2.05) is 6.92 Å². The first kappa shape index (κ1) is 22.3. The molecule has 2 saturated heterocycles. The Morgan fingerprint density at radius 3 is 2.42 bits per heavy atom. The minimum atomic E-state index is -4.15. The van der Waals surface area contributed by atoms with Gasteiger partial charge in [-0.25, -0.2) is 13.2 Å². The minimum Gasteiger partial charge on any atom is -0.463 e. The number of Topliss-reactive ketones (excluding diaryl/α,β-unsaturated/α-hetero) is 1. The first-order valence-electron chi connectivity index (χ1n) is 11.2. The summed E-state index contributed by atoms with van der Waals surface area (Å²) in [5, 5.41) is 0. The molecule has 0 unspecified atom stereocenters. The molecule has 1 saturated carbocycles. The van der Waals surface area contributed by atoms with E-state index in [9.17, 15) is 18.0 Å². The van der Waals surface area contributed by atoms with E-state index in [0.29, 0.717) is 24.8 Å². The molecular formula is C25H27NO6S. The summed E-state index contributed by atoms with van der Waals surface area (Å²) in [6.45, 7) is 5.31. The van der Waals surface area contributed by atoms with Gasteiger partial charge in [-0.1, -0.05) is 48.0 Å². The number of hydrogen-bond acceptors (Lipinski definition) is 6. The number of hydrogen-bond donors (Lipinski definition) is 0. The lowest BCUT2D eigenvalue weighted by atomic mass is 9.68. The van der Waals surface area contributed by atoms with E-state index in [1.165, 1.54) is 4.31 Å². The molecule has 0 N–H and O–H groups in total. The van der Waals surface area contributed by atoms with Crippen LogP contribution < -0.4 is 0 Å². The molecule has 0 radical (unpaired) electrons. The number of fused-ring (bicyclic) bond motifs is 1. The van der Waals surface area contributed by atoms with E-state index in [2.05, 4.69) is 0 Å². The van der Waals surface area contributed by atoms with Gasteiger partial charge >= 0.3 is 5.97 Å². The van der Waals surface area contributed by atoms with Crippen molar-refractivity contribution in [2.75, 3.05) is 6.61 Å². The molecule has 2 heterocycles. The van der Waals surface area contributed by atoms with Crippen molar-refractivity contribution < 1.29 is 27.5 Å². The van der Waals surface area contributed by atoms with Crippen molar-refractivity contribution in [1.29, 1.82) is 0 Å². The monoisotopic (exact) mass is 469 g/mol. The third kappa shape index (κ3) is 2.65. The Bertz CT molecular complexity index is 1230. The van der Waals surface area contributed by atoms with Gasteiger partial charge in [0.15, 0.2) is 11.5 Å². The van der Waals surface area contributed by atoms with Crippen LogP contribution >= 0.6 is 0 Å². The fourth-order valence-corrected chi connectivity index (χ4v) is 7.90. The van der Waals surface area contributed by atoms with E-state index in [0.717, 1.165) is 5.56 Å². The van der Waals surface area contributed by atoms with Gasteiger partial charge in [0.2, 0.25) is 15.6 Å². The summed E-state index contributed by atoms with van der Waals surface area (Å²) in [6, 6.07) is 14.2. The number of ketones is 1. The maximum absolute atomic E-state index is 14.2. The first-order valence-corrected chi connectivity index (χ1v) is 12.7. The van der Waals surface area contributed by atoms with Gasteiger partial charge in [-0.05, 0) is 57.7 Å². The fraction of sp³-hybridized carbons (Fsp3) is 0.440. The predicted molar refractivity (Wildman–Crippen MR) is 120 cm³/mol. The molecule has 3 fully saturated rings. The van der Waals surface area contributed by atoms with Crippen molar-refractivity contribution >= 4 is 21.8 Å². The quantitative estimate of drug-likeness (QED) is 0.492. The molecule has 8 heteroatoms. The van der Waals surface area contributed by atoms with Crippen molar-refractivity contribution in [1.82, 2.24) is 4.31 Å². The Morgan fingerprint density at radius 1 is 1.12 bits per heavy atom. The van der Waals surface area contributed by atoms with Gasteiger partial charge in [0.1, 0.15) is 6.04 Å². The third-order valence-corrected chi connectivity index (χ3v) is 9.36. The van der Waals surface area contributed by atoms with Gasteiger partial charge in [0, 0.05) is 0 Å². The highest BCUT2D eigenvalue weighted by molar-refractivity contribution is 7.89. The summed E-state index contributed by atoms with van der Waals surface area (Å²) in [5.74, 6) is -1.23. The normalized spacial score (nSPS) is 33.3. The smallest absolute Gasteiger partial charge is 0.348 e. The SMILES string of the molecule is CCOC(=O)[C@]12O[C@@]3(CCC[C@]3(C)C1=O)N(S(=O)(=O)c1ccc(C)cc1)[C@@H]2c1ccccc1. The molecule has 33 heavy (non-hydrogen) atoms. The number of nitrogens with zero attached hydrogens (tertiary/aromatic N) is 1. The molecule has 0 aromatic heterocycles. The van der Waals surface area contributed by atoms with Crippen LogP contribution in [0.2, 0.25) is 0 Å². The highest BCUT2D eigenvalue weighted by Crippen LogP contribution is 2.70. The Kier molecular flexibility index (Phi) is 4.87. The van der Waals surface area contributed by atoms with Crippen LogP contribution in [-0.4, -0.2) is 42.4 Å². The summed E-state index contributed by atoms with van der Waals surface area (Å²) in [4.78, 5) is 27.5. The molecule has 2 aliphatic heterocycles. The Balaban J connectivity index is 1.81. The molecule has 4 atom stereocenters. The van der Waals surface area contributed by atoms with Crippen molar-refractivity contribution in [3.05, 3.63) is 65.7 Å². The number of sulfonamides is 1. The van der Waals surface area contributed by atoms with Crippen molar-refractivity contribution in [2.24, 2.45) is 5.41 Å². The van der Waals surface area contributed by atoms with Crippen LogP contribution in [0.25, 0.3) is 0 Å². The molecule has 2 bridgehead atoms. The molecule has 2 aromatic carbocycles. The first-order chi connectivity index (χ1) is 15.6. The second-order valence-corrected chi connectivity index (χ2v) is 11.1. The maximum Gasteiger partial charge on any atom is 0.348 e. The zero-order chi connectivity index (χ0) is 23.6. The predicted octanol–water partition coefficient (Wildman–Crippen LogP) is 3.53. The number of rotatable bonds is 5. The van der Waals surface area contributed by atoms with Crippen molar-refractivity contribution in [2.45, 2.75) is 62.3 Å². The van der Waals surface area contributed by atoms with E-state index in [-0.39, 0.29) is 11.5 Å². The molecule has 0 amide bonds. The number of carbonyl (C=O) groups excluding carboxylic acids is 2. The van der Waals surface area contributed by atoms with Gasteiger partial charge in [-0.15, -0.1) is 0 Å². The summed E-state index contributed by atoms with van der Waals surface area (Å²) in [7, 11) is -4.15. The Morgan fingerprint density at radius 2 is 1.79 bits per heavy atom. The number of esters is 1. The van der Waals surface area contributed by atoms with Crippen LogP contribution in [0.1, 0.15) is 50.3 Å². The van der Waals surface area contributed by atoms with Gasteiger partial charge in [-0.2, -0.15) is 4.31 Å². The zero-order valence-corrected chi connectivity index (χ0v) is 19.7. The lowest BCUT2D eigenvalue weighted by molar-refractivity contribution is -0.173. The Labute approximate surface area is 193 Å². The standard InChI is InChI=1S/C25H27NO6S/c1-4-31-22(28)25-20(18-9-6-5-7-10-18)26(33(29,30)19-13-11-17(2)12-14-19)24(32-25)16-8-15-23(24,3)21(25)27/h5-7,9-14,20H,4,8,15-16H2,1-3H3/t20-,23-,24-,25-/m1/s1. The number of aryl methyl sites for hydroxylation is 1. The topological polar surface area (TPSA) is 90.0 Å². The number of ether oxygens (including phenoxy) is 2. The highest BCUT2D eigenvalue weighted by atomic mass is 32.2. The summed E-state index contributed by atoms with van der Waals surface area (Å²) in [5.41, 5.74) is -3.22. The van der Waals surface area contributed by atoms with Crippen LogP contribution in [0.4, 0.5) is 0 Å². The molecule has 7 nitrogen and oxygen atoms in total. The number of piperidine rings is 1. The van der Waals surface area contributed by atoms with Crippen LogP contribution in [0.15, 0.2) is 59.5 Å². The average Bonchev–Trinajstić information content (AvgIpc) is 3.37. The Hall–Kier alpha value is -2.55. The third-order valence-electron chi connectivity index (χ3n) is 7.47. The molecule has 5 rings (SSSR count). The second kappa shape index (κ2) is 7.22. The van der Waals surface area contributed by atoms with E-state index >= 15 is 0 Å². The van der Waals surface area contributed by atoms with E-state index in [1.54, 1.807) is 68.4 Å². The van der Waals surface area contributed by atoms with Crippen LogP contribution in [-0.2, 0) is 29.1 Å². The lowest BCUT2D eigenvalue weighted by Crippen LogP contribution is -2.64. The molecule has 1 aliphatic carbocycles. The van der Waals surface area contributed by atoms with Gasteiger partial charge in [0.05, 0.1) is 16.9 Å². The van der Waals surface area contributed by atoms with Crippen LogP contribution in [0.5, 0.6) is 0 Å². The van der Waals surface area contributed by atoms with Gasteiger partial charge < -0.3 is 9.47 Å².